The standard InChI is InChI=1S/C14H21FN2OS/c1-3-17-14(2,13(16)18)9-6-10-19-12-8-5-4-7-11(12)15/h4-5,7-8,17H,3,6,9-10H2,1-2H3,(H2,16,18). The van der Waals surface area contributed by atoms with E-state index in [1.165, 1.54) is 17.8 Å². The maximum Gasteiger partial charge on any atom is 0.237 e. The van der Waals surface area contributed by atoms with Crippen LogP contribution in [-0.2, 0) is 4.79 Å². The van der Waals surface area contributed by atoms with Gasteiger partial charge in [0.25, 0.3) is 0 Å². The van der Waals surface area contributed by atoms with Crippen molar-refractivity contribution in [1.82, 2.24) is 5.32 Å². The summed E-state index contributed by atoms with van der Waals surface area (Å²) in [5.74, 6) is 0.219. The zero-order valence-corrected chi connectivity index (χ0v) is 12.2. The molecule has 0 aromatic heterocycles. The third kappa shape index (κ3) is 4.84. The van der Waals surface area contributed by atoms with Crippen LogP contribution in [0, 0.1) is 5.82 Å². The summed E-state index contributed by atoms with van der Waals surface area (Å²) in [6.07, 6.45) is 1.45. The molecule has 0 spiro atoms. The van der Waals surface area contributed by atoms with Crippen molar-refractivity contribution in [3.8, 4) is 0 Å². The van der Waals surface area contributed by atoms with Crippen molar-refractivity contribution in [2.75, 3.05) is 12.3 Å². The first-order valence-electron chi connectivity index (χ1n) is 6.42. The number of primary amides is 1. The highest BCUT2D eigenvalue weighted by molar-refractivity contribution is 7.99. The second kappa shape index (κ2) is 7.50. The number of hydrogen-bond acceptors (Lipinski definition) is 3. The van der Waals surface area contributed by atoms with Crippen LogP contribution in [-0.4, -0.2) is 23.7 Å². The van der Waals surface area contributed by atoms with Gasteiger partial charge in [-0.15, -0.1) is 11.8 Å². The maximum absolute atomic E-state index is 13.4. The average Bonchev–Trinajstić information content (AvgIpc) is 2.37. The van der Waals surface area contributed by atoms with E-state index in [0.29, 0.717) is 17.9 Å². The van der Waals surface area contributed by atoms with Crippen molar-refractivity contribution in [1.29, 1.82) is 0 Å². The predicted molar refractivity (Wildman–Crippen MR) is 77.6 cm³/mol. The molecule has 106 valence electrons. The van der Waals surface area contributed by atoms with Gasteiger partial charge in [0.1, 0.15) is 5.82 Å². The summed E-state index contributed by atoms with van der Waals surface area (Å²) in [6, 6.07) is 6.71. The lowest BCUT2D eigenvalue weighted by Crippen LogP contribution is -2.53. The second-order valence-corrected chi connectivity index (χ2v) is 5.75. The van der Waals surface area contributed by atoms with Gasteiger partial charge >= 0.3 is 0 Å². The van der Waals surface area contributed by atoms with E-state index < -0.39 is 5.54 Å². The number of halogens is 1. The van der Waals surface area contributed by atoms with E-state index in [1.54, 1.807) is 12.1 Å². The molecule has 3 nitrogen and oxygen atoms in total. The SMILES string of the molecule is CCNC(C)(CCCSc1ccccc1F)C(N)=O. The Morgan fingerprint density at radius 3 is 2.74 bits per heavy atom. The van der Waals surface area contributed by atoms with Crippen LogP contribution in [0.2, 0.25) is 0 Å². The molecular formula is C14H21FN2OS. The molecule has 0 aliphatic heterocycles. The molecule has 0 aliphatic rings. The van der Waals surface area contributed by atoms with E-state index in [-0.39, 0.29) is 11.7 Å². The Hall–Kier alpha value is -1.07. The molecule has 0 heterocycles. The highest BCUT2D eigenvalue weighted by Gasteiger charge is 2.28. The zero-order valence-electron chi connectivity index (χ0n) is 11.4. The quantitative estimate of drug-likeness (QED) is 0.570. The number of rotatable bonds is 8. The van der Waals surface area contributed by atoms with Crippen LogP contribution in [0.3, 0.4) is 0 Å². The summed E-state index contributed by atoms with van der Waals surface area (Å²) in [6.45, 7) is 4.45. The van der Waals surface area contributed by atoms with Gasteiger partial charge in [-0.3, -0.25) is 4.79 Å². The molecule has 0 bridgehead atoms. The summed E-state index contributed by atoms with van der Waals surface area (Å²) in [4.78, 5) is 12.1. The Kier molecular flexibility index (Phi) is 6.31. The fourth-order valence-electron chi connectivity index (χ4n) is 1.86. The van der Waals surface area contributed by atoms with Gasteiger partial charge in [0.2, 0.25) is 5.91 Å². The highest BCUT2D eigenvalue weighted by Crippen LogP contribution is 2.23. The largest absolute Gasteiger partial charge is 0.368 e. The first kappa shape index (κ1) is 16.0. The molecule has 1 atom stereocenters. The van der Waals surface area contributed by atoms with Crippen molar-refractivity contribution >= 4 is 17.7 Å². The number of likely N-dealkylation sites (N-methyl/N-ethyl adjacent to an activating group) is 1. The Morgan fingerprint density at radius 1 is 1.47 bits per heavy atom. The third-order valence-electron chi connectivity index (χ3n) is 3.03. The van der Waals surface area contributed by atoms with Gasteiger partial charge in [-0.05, 0) is 44.2 Å². The van der Waals surface area contributed by atoms with Crippen LogP contribution in [0.15, 0.2) is 29.2 Å². The van der Waals surface area contributed by atoms with E-state index in [0.717, 1.165) is 12.2 Å². The molecule has 5 heteroatoms. The summed E-state index contributed by atoms with van der Waals surface area (Å²) < 4.78 is 13.4. The Bertz CT molecular complexity index is 428. The fourth-order valence-corrected chi connectivity index (χ4v) is 2.75. The summed E-state index contributed by atoms with van der Waals surface area (Å²) in [5.41, 5.74) is 4.73. The van der Waals surface area contributed by atoms with Crippen molar-refractivity contribution in [3.05, 3.63) is 30.1 Å². The molecule has 0 saturated heterocycles. The summed E-state index contributed by atoms with van der Waals surface area (Å²) in [7, 11) is 0. The van der Waals surface area contributed by atoms with Gasteiger partial charge < -0.3 is 11.1 Å². The molecule has 1 rings (SSSR count). The number of carbonyl (C=O) groups is 1. The first-order valence-corrected chi connectivity index (χ1v) is 7.40. The van der Waals surface area contributed by atoms with Crippen LogP contribution in [0.4, 0.5) is 4.39 Å². The number of amides is 1. The number of nitrogens with one attached hydrogen (secondary N) is 1. The van der Waals surface area contributed by atoms with E-state index in [9.17, 15) is 9.18 Å². The van der Waals surface area contributed by atoms with E-state index in [1.807, 2.05) is 19.9 Å². The molecule has 19 heavy (non-hydrogen) atoms. The van der Waals surface area contributed by atoms with Gasteiger partial charge in [-0.25, -0.2) is 4.39 Å². The molecule has 1 aromatic rings. The first-order chi connectivity index (χ1) is 8.99. The van der Waals surface area contributed by atoms with Crippen molar-refractivity contribution in [2.24, 2.45) is 5.73 Å². The minimum Gasteiger partial charge on any atom is -0.368 e. The van der Waals surface area contributed by atoms with Crippen molar-refractivity contribution < 1.29 is 9.18 Å². The molecule has 1 aromatic carbocycles. The lowest BCUT2D eigenvalue weighted by molar-refractivity contribution is -0.124. The smallest absolute Gasteiger partial charge is 0.237 e. The topological polar surface area (TPSA) is 55.1 Å². The van der Waals surface area contributed by atoms with Crippen LogP contribution in [0.1, 0.15) is 26.7 Å². The monoisotopic (exact) mass is 284 g/mol. The van der Waals surface area contributed by atoms with Crippen LogP contribution >= 0.6 is 11.8 Å². The van der Waals surface area contributed by atoms with Crippen LogP contribution in [0.25, 0.3) is 0 Å². The molecule has 0 saturated carbocycles. The third-order valence-corrected chi connectivity index (χ3v) is 4.16. The molecule has 1 unspecified atom stereocenters. The minimum absolute atomic E-state index is 0.197. The molecule has 0 radical (unpaired) electrons. The van der Waals surface area contributed by atoms with E-state index in [2.05, 4.69) is 5.32 Å². The normalized spacial score (nSPS) is 14.1. The summed E-state index contributed by atoms with van der Waals surface area (Å²) >= 11 is 1.46. The maximum atomic E-state index is 13.4. The van der Waals surface area contributed by atoms with Gasteiger partial charge in [0.15, 0.2) is 0 Å². The van der Waals surface area contributed by atoms with Gasteiger partial charge in [-0.1, -0.05) is 19.1 Å². The van der Waals surface area contributed by atoms with Crippen LogP contribution in [0.5, 0.6) is 0 Å². The Balaban J connectivity index is 2.41. The summed E-state index contributed by atoms with van der Waals surface area (Å²) in [5, 5.41) is 3.11. The molecule has 3 N–H and O–H groups in total. The van der Waals surface area contributed by atoms with Gasteiger partial charge in [0, 0.05) is 4.90 Å². The number of benzene rings is 1. The highest BCUT2D eigenvalue weighted by atomic mass is 32.2. The Morgan fingerprint density at radius 2 is 2.16 bits per heavy atom. The van der Waals surface area contributed by atoms with Crippen molar-refractivity contribution in [2.45, 2.75) is 37.1 Å². The second-order valence-electron chi connectivity index (χ2n) is 4.61. The lowest BCUT2D eigenvalue weighted by atomic mass is 9.95. The number of hydrogen-bond donors (Lipinski definition) is 2. The van der Waals surface area contributed by atoms with Crippen molar-refractivity contribution in [3.63, 3.8) is 0 Å². The molecular weight excluding hydrogens is 263 g/mol. The van der Waals surface area contributed by atoms with Crippen LogP contribution < -0.4 is 11.1 Å². The zero-order chi connectivity index (χ0) is 14.3. The Labute approximate surface area is 118 Å². The number of nitrogens with two attached hydrogens (primary N) is 1. The predicted octanol–water partition coefficient (Wildman–Crippen LogP) is 2.55. The average molecular weight is 284 g/mol. The minimum atomic E-state index is -0.676. The molecule has 0 fully saturated rings. The fraction of sp³-hybridized carbons (Fsp3) is 0.500. The molecule has 1 amide bonds. The van der Waals surface area contributed by atoms with Gasteiger partial charge in [-0.2, -0.15) is 0 Å². The van der Waals surface area contributed by atoms with Gasteiger partial charge in [0.05, 0.1) is 5.54 Å². The number of thioether (sulfide) groups is 1. The molecule has 0 aliphatic carbocycles. The van der Waals surface area contributed by atoms with E-state index >= 15 is 0 Å². The lowest BCUT2D eigenvalue weighted by Gasteiger charge is -2.26. The van der Waals surface area contributed by atoms with E-state index in [4.69, 9.17) is 5.73 Å². The number of carbonyl (C=O) groups excluding carboxylic acids is 1.